The van der Waals surface area contributed by atoms with Gasteiger partial charge in [0.15, 0.2) is 9.84 Å². The SMILES string of the molecule is CS(=O)(=O)c1cc(O)c(I)cc1Cl. The van der Waals surface area contributed by atoms with Crippen molar-refractivity contribution in [1.82, 2.24) is 0 Å². The lowest BCUT2D eigenvalue weighted by Crippen LogP contribution is -1.98. The third kappa shape index (κ3) is 2.47. The van der Waals surface area contributed by atoms with Crippen LogP contribution < -0.4 is 0 Å². The van der Waals surface area contributed by atoms with E-state index in [1.54, 1.807) is 0 Å². The summed E-state index contributed by atoms with van der Waals surface area (Å²) in [6, 6.07) is 2.56. The number of phenols is 1. The molecule has 0 radical (unpaired) electrons. The van der Waals surface area contributed by atoms with Crippen molar-refractivity contribution in [2.75, 3.05) is 6.26 Å². The van der Waals surface area contributed by atoms with Gasteiger partial charge in [-0.05, 0) is 28.7 Å². The minimum Gasteiger partial charge on any atom is -0.507 e. The average molecular weight is 333 g/mol. The number of hydrogen-bond acceptors (Lipinski definition) is 3. The predicted molar refractivity (Wildman–Crippen MR) is 58.9 cm³/mol. The molecule has 1 N–H and O–H groups in total. The third-order valence-corrected chi connectivity index (χ3v) is 3.83. The number of rotatable bonds is 1. The second-order valence-electron chi connectivity index (χ2n) is 2.51. The Bertz CT molecular complexity index is 441. The van der Waals surface area contributed by atoms with Gasteiger partial charge in [-0.15, -0.1) is 0 Å². The molecule has 0 fully saturated rings. The van der Waals surface area contributed by atoms with Gasteiger partial charge in [0.05, 0.1) is 13.5 Å². The van der Waals surface area contributed by atoms with Crippen LogP contribution in [0.1, 0.15) is 0 Å². The Balaban J connectivity index is 3.50. The summed E-state index contributed by atoms with van der Waals surface area (Å²) < 4.78 is 22.8. The first-order chi connectivity index (χ1) is 5.82. The van der Waals surface area contributed by atoms with Crippen molar-refractivity contribution >= 4 is 44.0 Å². The Kier molecular flexibility index (Phi) is 3.09. The first-order valence-electron chi connectivity index (χ1n) is 3.20. The lowest BCUT2D eigenvalue weighted by molar-refractivity contribution is 0.469. The topological polar surface area (TPSA) is 54.4 Å². The Morgan fingerprint density at radius 1 is 1.46 bits per heavy atom. The molecule has 72 valence electrons. The molecule has 0 aliphatic rings. The van der Waals surface area contributed by atoms with E-state index in [0.717, 1.165) is 12.3 Å². The fraction of sp³-hybridized carbons (Fsp3) is 0.143. The maximum absolute atomic E-state index is 11.1. The van der Waals surface area contributed by atoms with Crippen LogP contribution in [0.4, 0.5) is 0 Å². The van der Waals surface area contributed by atoms with Crippen molar-refractivity contribution in [1.29, 1.82) is 0 Å². The Hall–Kier alpha value is -0.0100. The van der Waals surface area contributed by atoms with Gasteiger partial charge < -0.3 is 5.11 Å². The van der Waals surface area contributed by atoms with Crippen LogP contribution in [0.25, 0.3) is 0 Å². The van der Waals surface area contributed by atoms with Crippen LogP contribution in [0, 0.1) is 3.57 Å². The molecule has 6 heteroatoms. The van der Waals surface area contributed by atoms with Crippen molar-refractivity contribution in [3.8, 4) is 5.75 Å². The van der Waals surface area contributed by atoms with Crippen molar-refractivity contribution in [2.45, 2.75) is 4.90 Å². The van der Waals surface area contributed by atoms with E-state index < -0.39 is 9.84 Å². The molecule has 0 bridgehead atoms. The zero-order chi connectivity index (χ0) is 10.2. The fourth-order valence-electron chi connectivity index (χ4n) is 0.803. The minimum absolute atomic E-state index is 0.0490. The van der Waals surface area contributed by atoms with E-state index in [4.69, 9.17) is 11.6 Å². The lowest BCUT2D eigenvalue weighted by atomic mass is 10.3. The summed E-state index contributed by atoms with van der Waals surface area (Å²) in [6.07, 6.45) is 1.04. The Labute approximate surface area is 94.8 Å². The molecule has 0 aliphatic carbocycles. The van der Waals surface area contributed by atoms with Crippen LogP contribution in [0.15, 0.2) is 17.0 Å². The minimum atomic E-state index is -3.37. The van der Waals surface area contributed by atoms with Gasteiger partial charge in [0, 0.05) is 12.3 Å². The summed E-state index contributed by atoms with van der Waals surface area (Å²) in [6.45, 7) is 0. The fourth-order valence-corrected chi connectivity index (χ4v) is 2.78. The number of benzene rings is 1. The van der Waals surface area contributed by atoms with Gasteiger partial charge in [-0.25, -0.2) is 8.42 Å². The molecule has 0 heterocycles. The van der Waals surface area contributed by atoms with E-state index in [0.29, 0.717) is 3.57 Å². The van der Waals surface area contributed by atoms with Gasteiger partial charge in [0.1, 0.15) is 5.75 Å². The maximum Gasteiger partial charge on any atom is 0.177 e. The summed E-state index contributed by atoms with van der Waals surface area (Å²) in [4.78, 5) is -0.0490. The monoisotopic (exact) mass is 332 g/mol. The van der Waals surface area contributed by atoms with Crippen molar-refractivity contribution in [2.24, 2.45) is 0 Å². The molecular formula is C7H6ClIO3S. The molecule has 0 spiro atoms. The quantitative estimate of drug-likeness (QED) is 0.801. The van der Waals surface area contributed by atoms with Gasteiger partial charge in [0.25, 0.3) is 0 Å². The number of hydrogen-bond donors (Lipinski definition) is 1. The summed E-state index contributed by atoms with van der Waals surface area (Å²) >= 11 is 7.56. The summed E-state index contributed by atoms with van der Waals surface area (Å²) in [7, 11) is -3.37. The van der Waals surface area contributed by atoms with Gasteiger partial charge in [-0.3, -0.25) is 0 Å². The maximum atomic E-state index is 11.1. The zero-order valence-corrected chi connectivity index (χ0v) is 10.3. The molecule has 0 unspecified atom stereocenters. The predicted octanol–water partition coefficient (Wildman–Crippen LogP) is 2.05. The molecule has 0 saturated carbocycles. The molecule has 0 amide bonds. The van der Waals surface area contributed by atoms with E-state index >= 15 is 0 Å². The van der Waals surface area contributed by atoms with Gasteiger partial charge >= 0.3 is 0 Å². The van der Waals surface area contributed by atoms with Crippen molar-refractivity contribution < 1.29 is 13.5 Å². The highest BCUT2D eigenvalue weighted by atomic mass is 127. The van der Waals surface area contributed by atoms with E-state index in [-0.39, 0.29) is 15.7 Å². The summed E-state index contributed by atoms with van der Waals surface area (Å²) in [5.74, 6) is -0.0783. The standard InChI is InChI=1S/C7H6ClIO3S/c1-13(11,12)7-3-6(10)5(9)2-4(7)8/h2-3,10H,1H3. The average Bonchev–Trinajstić information content (AvgIpc) is 1.94. The number of halogens is 2. The summed E-state index contributed by atoms with van der Waals surface area (Å²) in [5, 5.41) is 9.39. The highest BCUT2D eigenvalue weighted by Crippen LogP contribution is 2.30. The second-order valence-corrected chi connectivity index (χ2v) is 6.06. The van der Waals surface area contributed by atoms with Crippen molar-refractivity contribution in [3.05, 3.63) is 20.7 Å². The molecule has 1 aromatic rings. The van der Waals surface area contributed by atoms with E-state index in [1.807, 2.05) is 22.6 Å². The highest BCUT2D eigenvalue weighted by Gasteiger charge is 2.14. The molecule has 3 nitrogen and oxygen atoms in total. The van der Waals surface area contributed by atoms with Crippen LogP contribution in [-0.2, 0) is 9.84 Å². The Morgan fingerprint density at radius 3 is 2.46 bits per heavy atom. The normalized spacial score (nSPS) is 11.6. The second kappa shape index (κ2) is 3.62. The molecule has 1 aromatic carbocycles. The molecule has 0 aliphatic heterocycles. The highest BCUT2D eigenvalue weighted by molar-refractivity contribution is 14.1. The molecule has 1 rings (SSSR count). The van der Waals surface area contributed by atoms with Crippen LogP contribution in [0.2, 0.25) is 5.02 Å². The van der Waals surface area contributed by atoms with Crippen LogP contribution in [0.5, 0.6) is 5.75 Å². The first kappa shape index (κ1) is 11.1. The molecular weight excluding hydrogens is 326 g/mol. The smallest absolute Gasteiger partial charge is 0.177 e. The van der Waals surface area contributed by atoms with Crippen LogP contribution >= 0.6 is 34.2 Å². The first-order valence-corrected chi connectivity index (χ1v) is 6.55. The largest absolute Gasteiger partial charge is 0.507 e. The van der Waals surface area contributed by atoms with Gasteiger partial charge in [-0.1, -0.05) is 11.6 Å². The van der Waals surface area contributed by atoms with Crippen LogP contribution in [0.3, 0.4) is 0 Å². The van der Waals surface area contributed by atoms with E-state index in [2.05, 4.69) is 0 Å². The third-order valence-electron chi connectivity index (χ3n) is 1.40. The number of aromatic hydroxyl groups is 1. The van der Waals surface area contributed by atoms with E-state index in [9.17, 15) is 13.5 Å². The molecule has 0 aromatic heterocycles. The van der Waals surface area contributed by atoms with Crippen molar-refractivity contribution in [3.63, 3.8) is 0 Å². The summed E-state index contributed by atoms with van der Waals surface area (Å²) in [5.41, 5.74) is 0. The molecule has 0 atom stereocenters. The molecule has 13 heavy (non-hydrogen) atoms. The number of phenolic OH excluding ortho intramolecular Hbond substituents is 1. The van der Waals surface area contributed by atoms with Gasteiger partial charge in [0.2, 0.25) is 0 Å². The lowest BCUT2D eigenvalue weighted by Gasteiger charge is -2.03. The van der Waals surface area contributed by atoms with Gasteiger partial charge in [-0.2, -0.15) is 0 Å². The Morgan fingerprint density at radius 2 is 2.00 bits per heavy atom. The van der Waals surface area contributed by atoms with E-state index in [1.165, 1.54) is 6.07 Å². The molecule has 0 saturated heterocycles. The number of sulfone groups is 1. The van der Waals surface area contributed by atoms with Crippen LogP contribution in [-0.4, -0.2) is 19.8 Å². The zero-order valence-electron chi connectivity index (χ0n) is 6.58.